The van der Waals surface area contributed by atoms with Crippen molar-refractivity contribution in [2.75, 3.05) is 25.0 Å². The Morgan fingerprint density at radius 1 is 1.39 bits per heavy atom. The van der Waals surface area contributed by atoms with E-state index in [9.17, 15) is 18.0 Å². The number of piperidine rings is 1. The zero-order valence-electron chi connectivity index (χ0n) is 13.7. The molecule has 1 amide bonds. The Morgan fingerprint density at radius 2 is 2.09 bits per heavy atom. The molecule has 1 fully saturated rings. The summed E-state index contributed by atoms with van der Waals surface area (Å²) in [5, 5.41) is 6.95. The number of anilines is 1. The number of amides is 1. The summed E-state index contributed by atoms with van der Waals surface area (Å²) in [6.45, 7) is 5.52. The molecule has 5 nitrogen and oxygen atoms in total. The molecule has 0 bridgehead atoms. The number of nitrogens with one attached hydrogen (secondary N) is 1. The lowest BCUT2D eigenvalue weighted by atomic mass is 9.97. The average molecular weight is 332 g/mol. The van der Waals surface area contributed by atoms with Gasteiger partial charge in [0.15, 0.2) is 0 Å². The lowest BCUT2D eigenvalue weighted by Crippen LogP contribution is -2.44. The zero-order chi connectivity index (χ0) is 17.3. The van der Waals surface area contributed by atoms with Crippen molar-refractivity contribution in [1.29, 1.82) is 0 Å². The van der Waals surface area contributed by atoms with E-state index in [0.29, 0.717) is 25.1 Å². The van der Waals surface area contributed by atoms with Crippen LogP contribution in [0.4, 0.5) is 18.9 Å². The zero-order valence-corrected chi connectivity index (χ0v) is 13.7. The van der Waals surface area contributed by atoms with E-state index in [0.717, 1.165) is 0 Å². The van der Waals surface area contributed by atoms with Crippen molar-refractivity contribution in [1.82, 2.24) is 14.7 Å². The van der Waals surface area contributed by atoms with E-state index in [1.807, 2.05) is 20.8 Å². The molecule has 1 unspecified atom stereocenters. The SMILES string of the molecule is CC(C)(C)n1cc(NC(=O)C2CCCN(CC(F)(F)F)C2)cn1. The highest BCUT2D eigenvalue weighted by Gasteiger charge is 2.34. The van der Waals surface area contributed by atoms with Crippen LogP contribution in [0.25, 0.3) is 0 Å². The highest BCUT2D eigenvalue weighted by molar-refractivity contribution is 5.92. The number of carbonyl (C=O) groups is 1. The fraction of sp³-hybridized carbons (Fsp3) is 0.733. The summed E-state index contributed by atoms with van der Waals surface area (Å²) < 4.78 is 39.2. The molecular weight excluding hydrogens is 309 g/mol. The molecule has 23 heavy (non-hydrogen) atoms. The maximum Gasteiger partial charge on any atom is 0.401 e. The Hall–Kier alpha value is -1.57. The van der Waals surface area contributed by atoms with Crippen molar-refractivity contribution < 1.29 is 18.0 Å². The molecule has 2 rings (SSSR count). The number of halogens is 3. The minimum absolute atomic E-state index is 0.138. The smallest absolute Gasteiger partial charge is 0.323 e. The molecule has 8 heteroatoms. The first kappa shape index (κ1) is 17.8. The number of rotatable bonds is 3. The molecule has 0 spiro atoms. The number of hydrogen-bond acceptors (Lipinski definition) is 3. The summed E-state index contributed by atoms with van der Waals surface area (Å²) >= 11 is 0. The number of carbonyl (C=O) groups excluding carboxylic acids is 1. The van der Waals surface area contributed by atoms with E-state index in [1.165, 1.54) is 4.90 Å². The van der Waals surface area contributed by atoms with Gasteiger partial charge in [0, 0.05) is 12.7 Å². The predicted octanol–water partition coefficient (Wildman–Crippen LogP) is 2.85. The second-order valence-corrected chi connectivity index (χ2v) is 7.02. The fourth-order valence-corrected chi connectivity index (χ4v) is 2.67. The summed E-state index contributed by atoms with van der Waals surface area (Å²) in [6, 6.07) is 0. The Labute approximate surface area is 133 Å². The largest absolute Gasteiger partial charge is 0.401 e. The summed E-state index contributed by atoms with van der Waals surface area (Å²) in [7, 11) is 0. The number of aromatic nitrogens is 2. The van der Waals surface area contributed by atoms with Crippen molar-refractivity contribution in [2.24, 2.45) is 5.92 Å². The second kappa shape index (κ2) is 6.51. The lowest BCUT2D eigenvalue weighted by molar-refractivity contribution is -0.151. The highest BCUT2D eigenvalue weighted by Crippen LogP contribution is 2.23. The first-order valence-corrected chi connectivity index (χ1v) is 7.70. The quantitative estimate of drug-likeness (QED) is 0.926. The highest BCUT2D eigenvalue weighted by atomic mass is 19.4. The Bertz CT molecular complexity index is 548. The monoisotopic (exact) mass is 332 g/mol. The van der Waals surface area contributed by atoms with Crippen LogP contribution >= 0.6 is 0 Å². The van der Waals surface area contributed by atoms with Gasteiger partial charge in [-0.2, -0.15) is 18.3 Å². The summed E-state index contributed by atoms with van der Waals surface area (Å²) in [4.78, 5) is 13.6. The molecule has 0 aliphatic carbocycles. The second-order valence-electron chi connectivity index (χ2n) is 7.02. The van der Waals surface area contributed by atoms with Gasteiger partial charge in [-0.3, -0.25) is 14.4 Å². The maximum absolute atomic E-state index is 12.5. The maximum atomic E-state index is 12.5. The van der Waals surface area contributed by atoms with Crippen LogP contribution in [0.2, 0.25) is 0 Å². The van der Waals surface area contributed by atoms with Crippen LogP contribution < -0.4 is 5.32 Å². The molecule has 1 aromatic rings. The van der Waals surface area contributed by atoms with Gasteiger partial charge in [0.1, 0.15) is 0 Å². The third kappa shape index (κ3) is 5.23. The molecule has 130 valence electrons. The third-order valence-corrected chi connectivity index (χ3v) is 3.82. The van der Waals surface area contributed by atoms with Crippen LogP contribution in [0.15, 0.2) is 12.4 Å². The summed E-state index contributed by atoms with van der Waals surface area (Å²) in [5.74, 6) is -0.672. The molecule has 1 N–H and O–H groups in total. The van der Waals surface area contributed by atoms with Gasteiger partial charge in [-0.1, -0.05) is 0 Å². The van der Waals surface area contributed by atoms with E-state index in [-0.39, 0.29) is 18.0 Å². The van der Waals surface area contributed by atoms with Crippen LogP contribution in [0, 0.1) is 5.92 Å². The third-order valence-electron chi connectivity index (χ3n) is 3.82. The van der Waals surface area contributed by atoms with Crippen molar-refractivity contribution in [3.63, 3.8) is 0 Å². The standard InChI is InChI=1S/C15H23F3N4O/c1-14(2,3)22-9-12(7-19-22)20-13(23)11-5-4-6-21(8-11)10-15(16,17)18/h7,9,11H,4-6,8,10H2,1-3H3,(H,20,23). The average Bonchev–Trinajstić information content (AvgIpc) is 2.85. The number of alkyl halides is 3. The van der Waals surface area contributed by atoms with Crippen LogP contribution in [-0.4, -0.2) is 46.4 Å². The first-order chi connectivity index (χ1) is 10.5. The molecule has 0 saturated carbocycles. The van der Waals surface area contributed by atoms with Crippen molar-refractivity contribution in [3.8, 4) is 0 Å². The van der Waals surface area contributed by atoms with E-state index in [4.69, 9.17) is 0 Å². The van der Waals surface area contributed by atoms with Crippen molar-refractivity contribution in [3.05, 3.63) is 12.4 Å². The van der Waals surface area contributed by atoms with Gasteiger partial charge < -0.3 is 5.32 Å². The van der Waals surface area contributed by atoms with Gasteiger partial charge in [-0.05, 0) is 40.2 Å². The lowest BCUT2D eigenvalue weighted by Gasteiger charge is -2.32. The van der Waals surface area contributed by atoms with Crippen molar-refractivity contribution >= 4 is 11.6 Å². The Balaban J connectivity index is 1.94. The van der Waals surface area contributed by atoms with Crippen LogP contribution in [0.3, 0.4) is 0 Å². The first-order valence-electron chi connectivity index (χ1n) is 7.70. The molecule has 1 atom stereocenters. The minimum atomic E-state index is -4.23. The minimum Gasteiger partial charge on any atom is -0.323 e. The number of likely N-dealkylation sites (tertiary alicyclic amines) is 1. The Kier molecular flexibility index (Phi) is 5.03. The molecule has 0 aromatic carbocycles. The van der Waals surface area contributed by atoms with E-state index < -0.39 is 18.6 Å². The van der Waals surface area contributed by atoms with Gasteiger partial charge >= 0.3 is 6.18 Å². The Morgan fingerprint density at radius 3 is 2.65 bits per heavy atom. The van der Waals surface area contributed by atoms with Gasteiger partial charge in [-0.25, -0.2) is 0 Å². The number of hydrogen-bond donors (Lipinski definition) is 1. The fourth-order valence-electron chi connectivity index (χ4n) is 2.67. The van der Waals surface area contributed by atoms with E-state index >= 15 is 0 Å². The number of nitrogens with zero attached hydrogens (tertiary/aromatic N) is 3. The van der Waals surface area contributed by atoms with Gasteiger partial charge in [0.2, 0.25) is 5.91 Å². The van der Waals surface area contributed by atoms with Crippen LogP contribution in [0.5, 0.6) is 0 Å². The molecule has 0 radical (unpaired) electrons. The molecule has 1 saturated heterocycles. The van der Waals surface area contributed by atoms with Crippen LogP contribution in [0.1, 0.15) is 33.6 Å². The van der Waals surface area contributed by atoms with E-state index in [2.05, 4.69) is 10.4 Å². The summed E-state index contributed by atoms with van der Waals surface area (Å²) in [6.07, 6.45) is 0.253. The van der Waals surface area contributed by atoms with Crippen LogP contribution in [-0.2, 0) is 10.3 Å². The van der Waals surface area contributed by atoms with Gasteiger partial charge in [0.05, 0.1) is 29.9 Å². The molecule has 1 aromatic heterocycles. The molecule has 1 aliphatic rings. The van der Waals surface area contributed by atoms with Crippen molar-refractivity contribution in [2.45, 2.75) is 45.3 Å². The van der Waals surface area contributed by atoms with E-state index in [1.54, 1.807) is 17.1 Å². The topological polar surface area (TPSA) is 50.2 Å². The molecule has 2 heterocycles. The van der Waals surface area contributed by atoms with Gasteiger partial charge in [0.25, 0.3) is 0 Å². The molecule has 1 aliphatic heterocycles. The normalized spacial score (nSPS) is 20.5. The summed E-state index contributed by atoms with van der Waals surface area (Å²) in [5.41, 5.74) is 0.370. The van der Waals surface area contributed by atoms with Gasteiger partial charge in [-0.15, -0.1) is 0 Å². The molecular formula is C15H23F3N4O. The predicted molar refractivity (Wildman–Crippen MR) is 81.1 cm³/mol.